The molecule has 1 aliphatic rings. The molecule has 0 unspecified atom stereocenters. The van der Waals surface area contributed by atoms with Gasteiger partial charge in [-0.3, -0.25) is 0 Å². The fourth-order valence-electron chi connectivity index (χ4n) is 1.43. The third-order valence-electron chi connectivity index (χ3n) is 2.20. The first-order valence-electron chi connectivity index (χ1n) is 4.51. The molecular formula is C10H12FOS2+. The summed E-state index contributed by atoms with van der Waals surface area (Å²) < 4.78 is 13.1. The molecule has 0 bridgehead atoms. The Labute approximate surface area is 90.1 Å². The second kappa shape index (κ2) is 4.45. The van der Waals surface area contributed by atoms with Crippen LogP contribution in [0.3, 0.4) is 0 Å². The first kappa shape index (κ1) is 10.2. The predicted octanol–water partition coefficient (Wildman–Crippen LogP) is 2.26. The summed E-state index contributed by atoms with van der Waals surface area (Å²) in [5.74, 6) is 3.90. The van der Waals surface area contributed by atoms with E-state index in [1.165, 1.54) is 23.6 Å². The van der Waals surface area contributed by atoms with E-state index >= 15 is 0 Å². The number of benzene rings is 1. The summed E-state index contributed by atoms with van der Waals surface area (Å²) in [4.78, 5) is 1.06. The Bertz CT molecular complexity index is 324. The van der Waals surface area contributed by atoms with Crippen molar-refractivity contribution in [2.24, 2.45) is 0 Å². The lowest BCUT2D eigenvalue weighted by atomic mass is 10.3. The zero-order chi connectivity index (χ0) is 9.97. The van der Waals surface area contributed by atoms with Gasteiger partial charge in [0, 0.05) is 28.5 Å². The molecule has 0 atom stereocenters. The highest BCUT2D eigenvalue weighted by atomic mass is 32.2. The van der Waals surface area contributed by atoms with Crippen LogP contribution in [0.15, 0.2) is 23.1 Å². The van der Waals surface area contributed by atoms with Crippen molar-refractivity contribution in [3.63, 3.8) is 0 Å². The van der Waals surface area contributed by atoms with Crippen LogP contribution >= 0.6 is 11.8 Å². The van der Waals surface area contributed by atoms with Crippen LogP contribution in [-0.4, -0.2) is 28.1 Å². The molecule has 0 aliphatic carbocycles. The molecule has 76 valence electrons. The maximum Gasteiger partial charge on any atom is 0.169 e. The van der Waals surface area contributed by atoms with Crippen molar-refractivity contribution in [2.45, 2.75) is 4.90 Å². The Balaban J connectivity index is 2.18. The molecule has 4 heteroatoms. The summed E-state index contributed by atoms with van der Waals surface area (Å²) in [6, 6.07) is 4.78. The molecule has 1 nitrogen and oxygen atoms in total. The fourth-order valence-corrected chi connectivity index (χ4v) is 5.39. The average Bonchev–Trinajstić information content (AvgIpc) is 2.23. The van der Waals surface area contributed by atoms with E-state index in [4.69, 9.17) is 5.11 Å². The molecule has 1 heterocycles. The molecule has 1 saturated heterocycles. The lowest BCUT2D eigenvalue weighted by Crippen LogP contribution is -2.21. The van der Waals surface area contributed by atoms with Crippen LogP contribution in [0.4, 0.5) is 4.39 Å². The van der Waals surface area contributed by atoms with Crippen molar-refractivity contribution in [1.82, 2.24) is 0 Å². The second-order valence-corrected chi connectivity index (χ2v) is 6.62. The molecule has 1 N–H and O–H groups in total. The molecule has 0 aromatic heterocycles. The predicted molar refractivity (Wildman–Crippen MR) is 60.8 cm³/mol. The zero-order valence-corrected chi connectivity index (χ0v) is 9.34. The van der Waals surface area contributed by atoms with Crippen LogP contribution < -0.4 is 0 Å². The van der Waals surface area contributed by atoms with Crippen molar-refractivity contribution in [2.75, 3.05) is 23.0 Å². The number of aromatic hydroxyl groups is 1. The van der Waals surface area contributed by atoms with E-state index < -0.39 is 5.82 Å². The van der Waals surface area contributed by atoms with E-state index in [1.54, 1.807) is 0 Å². The summed E-state index contributed by atoms with van der Waals surface area (Å²) in [6.07, 6.45) is 0. The highest BCUT2D eigenvalue weighted by Crippen LogP contribution is 2.25. The molecule has 1 aromatic carbocycles. The lowest BCUT2D eigenvalue weighted by molar-refractivity contribution is 0.431. The van der Waals surface area contributed by atoms with E-state index in [2.05, 4.69) is 0 Å². The molecule has 0 radical (unpaired) electrons. The fraction of sp³-hybridized carbons (Fsp3) is 0.400. The van der Waals surface area contributed by atoms with Crippen LogP contribution in [0, 0.1) is 5.82 Å². The minimum atomic E-state index is -0.492. The van der Waals surface area contributed by atoms with Crippen LogP contribution in [0.2, 0.25) is 0 Å². The maximum atomic E-state index is 13.1. The Hall–Kier alpha value is -0.350. The van der Waals surface area contributed by atoms with Gasteiger partial charge in [0.1, 0.15) is 11.5 Å². The van der Waals surface area contributed by atoms with Crippen molar-refractivity contribution in [3.05, 3.63) is 24.0 Å². The van der Waals surface area contributed by atoms with E-state index in [1.807, 2.05) is 17.8 Å². The summed E-state index contributed by atoms with van der Waals surface area (Å²) >= 11 is 1.96. The molecule has 0 spiro atoms. The van der Waals surface area contributed by atoms with Crippen molar-refractivity contribution in [1.29, 1.82) is 0 Å². The Morgan fingerprint density at radius 1 is 1.29 bits per heavy atom. The molecule has 14 heavy (non-hydrogen) atoms. The van der Waals surface area contributed by atoms with Crippen LogP contribution in [0.5, 0.6) is 5.75 Å². The van der Waals surface area contributed by atoms with Gasteiger partial charge in [-0.1, -0.05) is 0 Å². The molecule has 1 aromatic rings. The molecule has 0 saturated carbocycles. The number of halogens is 1. The van der Waals surface area contributed by atoms with Gasteiger partial charge in [-0.15, -0.1) is 0 Å². The highest BCUT2D eigenvalue weighted by molar-refractivity contribution is 8.05. The molecule has 2 rings (SSSR count). The highest BCUT2D eigenvalue weighted by Gasteiger charge is 2.25. The monoisotopic (exact) mass is 231 g/mol. The third-order valence-corrected chi connectivity index (χ3v) is 6.02. The van der Waals surface area contributed by atoms with Crippen molar-refractivity contribution in [3.8, 4) is 5.75 Å². The summed E-state index contributed by atoms with van der Waals surface area (Å²) in [5, 5.41) is 9.07. The van der Waals surface area contributed by atoms with Gasteiger partial charge in [0.2, 0.25) is 0 Å². The summed E-state index contributed by atoms with van der Waals surface area (Å²) in [6.45, 7) is 0. The van der Waals surface area contributed by atoms with E-state index in [9.17, 15) is 4.39 Å². The van der Waals surface area contributed by atoms with Crippen LogP contribution in [-0.2, 0) is 10.9 Å². The molecule has 1 aliphatic heterocycles. The van der Waals surface area contributed by atoms with Gasteiger partial charge in [0.15, 0.2) is 16.5 Å². The largest absolute Gasteiger partial charge is 0.505 e. The number of thioether (sulfide) groups is 1. The number of hydrogen-bond acceptors (Lipinski definition) is 2. The normalized spacial score (nSPS) is 18.4. The second-order valence-electron chi connectivity index (χ2n) is 3.13. The molecule has 1 fully saturated rings. The average molecular weight is 231 g/mol. The maximum absolute atomic E-state index is 13.1. The molecular weight excluding hydrogens is 219 g/mol. The molecule has 0 amide bonds. The van der Waals surface area contributed by atoms with E-state index in [0.717, 1.165) is 16.4 Å². The van der Waals surface area contributed by atoms with E-state index in [0.29, 0.717) is 0 Å². The van der Waals surface area contributed by atoms with Crippen molar-refractivity contribution >= 4 is 22.7 Å². The Morgan fingerprint density at radius 3 is 2.64 bits per heavy atom. The van der Waals surface area contributed by atoms with Gasteiger partial charge >= 0.3 is 0 Å². The number of hydrogen-bond donors (Lipinski definition) is 1. The smallest absolute Gasteiger partial charge is 0.169 e. The van der Waals surface area contributed by atoms with Gasteiger partial charge in [-0.05, 0) is 12.1 Å². The van der Waals surface area contributed by atoms with Crippen LogP contribution in [0.1, 0.15) is 0 Å². The van der Waals surface area contributed by atoms with Crippen molar-refractivity contribution < 1.29 is 9.50 Å². The SMILES string of the molecule is Oc1ccc([S+]2CCSCC2)cc1F. The minimum Gasteiger partial charge on any atom is -0.505 e. The first-order valence-corrected chi connectivity index (χ1v) is 7.23. The van der Waals surface area contributed by atoms with Gasteiger partial charge in [0.05, 0.1) is 0 Å². The Kier molecular flexibility index (Phi) is 3.23. The van der Waals surface area contributed by atoms with Gasteiger partial charge < -0.3 is 5.11 Å². The zero-order valence-electron chi connectivity index (χ0n) is 7.70. The van der Waals surface area contributed by atoms with E-state index in [-0.39, 0.29) is 16.6 Å². The minimum absolute atomic E-state index is 0.201. The number of rotatable bonds is 1. The standard InChI is InChI=1S/C10H11FOS2/c11-9-7-8(1-2-10(9)12)14-5-3-13-4-6-14/h1-2,7H,3-6H2/p+1. The van der Waals surface area contributed by atoms with Gasteiger partial charge in [-0.25, -0.2) is 4.39 Å². The lowest BCUT2D eigenvalue weighted by Gasteiger charge is -2.12. The quantitative estimate of drug-likeness (QED) is 0.748. The third kappa shape index (κ3) is 2.17. The number of phenols is 1. The number of phenolic OH excluding ortho intramolecular Hbond substituents is 1. The Morgan fingerprint density at radius 2 is 2.00 bits per heavy atom. The first-order chi connectivity index (χ1) is 6.77. The van der Waals surface area contributed by atoms with Gasteiger partial charge in [0.25, 0.3) is 0 Å². The summed E-state index contributed by atoms with van der Waals surface area (Å²) in [5.41, 5.74) is 0. The summed E-state index contributed by atoms with van der Waals surface area (Å²) in [7, 11) is 0.201. The van der Waals surface area contributed by atoms with Gasteiger partial charge in [-0.2, -0.15) is 11.8 Å². The van der Waals surface area contributed by atoms with Crippen LogP contribution in [0.25, 0.3) is 0 Å². The topological polar surface area (TPSA) is 20.2 Å².